The van der Waals surface area contributed by atoms with Crippen molar-refractivity contribution in [3.63, 3.8) is 0 Å². The van der Waals surface area contributed by atoms with E-state index in [1.165, 1.54) is 0 Å². The van der Waals surface area contributed by atoms with E-state index < -0.39 is 5.41 Å². The number of methoxy groups -OCH3 is 1. The van der Waals surface area contributed by atoms with E-state index in [0.717, 1.165) is 43.3 Å². The molecule has 1 aliphatic rings. The molecule has 1 fully saturated rings. The molecule has 0 aliphatic carbocycles. The van der Waals surface area contributed by atoms with Gasteiger partial charge in [-0.15, -0.1) is 0 Å². The van der Waals surface area contributed by atoms with Crippen LogP contribution < -0.4 is 9.64 Å². The molecule has 0 unspecified atom stereocenters. The van der Waals surface area contributed by atoms with Crippen LogP contribution >= 0.6 is 0 Å². The lowest BCUT2D eigenvalue weighted by atomic mass is 9.83. The van der Waals surface area contributed by atoms with Gasteiger partial charge in [-0.25, -0.2) is 4.98 Å². The van der Waals surface area contributed by atoms with E-state index in [1.807, 2.05) is 61.2 Å². The van der Waals surface area contributed by atoms with E-state index in [-0.39, 0.29) is 5.91 Å². The Hall–Kier alpha value is -2.56. The van der Waals surface area contributed by atoms with E-state index in [2.05, 4.69) is 9.88 Å². The Labute approximate surface area is 149 Å². The summed E-state index contributed by atoms with van der Waals surface area (Å²) in [6, 6.07) is 13.7. The second-order valence-corrected chi connectivity index (χ2v) is 6.82. The van der Waals surface area contributed by atoms with Gasteiger partial charge in [-0.2, -0.15) is 0 Å². The highest BCUT2D eigenvalue weighted by Gasteiger charge is 2.35. The SMILES string of the molecule is COc1ccc(C(C)(C)C(=O)N2CCN(c3ccccn3)CC2)cc1. The number of carbonyl (C=O) groups is 1. The number of benzene rings is 1. The van der Waals surface area contributed by atoms with E-state index in [9.17, 15) is 4.79 Å². The maximum absolute atomic E-state index is 13.1. The zero-order valence-electron chi connectivity index (χ0n) is 15.1. The summed E-state index contributed by atoms with van der Waals surface area (Å²) in [5.74, 6) is 1.94. The van der Waals surface area contributed by atoms with Crippen LogP contribution in [0.25, 0.3) is 0 Å². The van der Waals surface area contributed by atoms with Crippen molar-refractivity contribution in [2.75, 3.05) is 38.2 Å². The Bertz CT molecular complexity index is 705. The van der Waals surface area contributed by atoms with Crippen LogP contribution in [0.2, 0.25) is 0 Å². The summed E-state index contributed by atoms with van der Waals surface area (Å²) in [4.78, 5) is 21.7. The smallest absolute Gasteiger partial charge is 0.232 e. The quantitative estimate of drug-likeness (QED) is 0.859. The molecule has 0 spiro atoms. The molecule has 0 bridgehead atoms. The van der Waals surface area contributed by atoms with Crippen LogP contribution in [0, 0.1) is 0 Å². The van der Waals surface area contributed by atoms with Crippen molar-refractivity contribution in [3.8, 4) is 5.75 Å². The molecule has 2 aromatic rings. The van der Waals surface area contributed by atoms with E-state index in [4.69, 9.17) is 4.74 Å². The van der Waals surface area contributed by atoms with Gasteiger partial charge in [-0.1, -0.05) is 18.2 Å². The number of aromatic nitrogens is 1. The van der Waals surface area contributed by atoms with E-state index in [1.54, 1.807) is 13.3 Å². The minimum Gasteiger partial charge on any atom is -0.497 e. The Morgan fingerprint density at radius 1 is 1.04 bits per heavy atom. The van der Waals surface area contributed by atoms with Crippen LogP contribution in [-0.2, 0) is 10.2 Å². The molecule has 1 aromatic carbocycles. The van der Waals surface area contributed by atoms with Crippen LogP contribution in [0.15, 0.2) is 48.7 Å². The molecular formula is C20H25N3O2. The van der Waals surface area contributed by atoms with Crippen LogP contribution in [0.5, 0.6) is 5.75 Å². The normalized spacial score (nSPS) is 15.2. The first-order valence-electron chi connectivity index (χ1n) is 8.62. The average molecular weight is 339 g/mol. The topological polar surface area (TPSA) is 45.7 Å². The van der Waals surface area contributed by atoms with E-state index in [0.29, 0.717) is 0 Å². The number of nitrogens with zero attached hydrogens (tertiary/aromatic N) is 3. The van der Waals surface area contributed by atoms with Crippen molar-refractivity contribution in [2.45, 2.75) is 19.3 Å². The molecule has 1 amide bonds. The molecule has 0 radical (unpaired) electrons. The molecule has 5 nitrogen and oxygen atoms in total. The number of hydrogen-bond donors (Lipinski definition) is 0. The lowest BCUT2D eigenvalue weighted by molar-refractivity contribution is -0.136. The van der Waals surface area contributed by atoms with Gasteiger partial charge in [0.15, 0.2) is 0 Å². The number of hydrogen-bond acceptors (Lipinski definition) is 4. The first-order valence-corrected chi connectivity index (χ1v) is 8.62. The zero-order valence-corrected chi connectivity index (χ0v) is 15.1. The highest BCUT2D eigenvalue weighted by molar-refractivity contribution is 5.87. The first kappa shape index (κ1) is 17.3. The summed E-state index contributed by atoms with van der Waals surface area (Å²) in [6.45, 7) is 7.03. The second kappa shape index (κ2) is 7.13. The van der Waals surface area contributed by atoms with Gasteiger partial charge in [0.25, 0.3) is 0 Å². The number of carbonyl (C=O) groups excluding carboxylic acids is 1. The zero-order chi connectivity index (χ0) is 17.9. The van der Waals surface area contributed by atoms with Crippen LogP contribution in [0.1, 0.15) is 19.4 Å². The van der Waals surface area contributed by atoms with Crippen LogP contribution in [0.4, 0.5) is 5.82 Å². The molecule has 2 heterocycles. The summed E-state index contributed by atoms with van der Waals surface area (Å²) in [7, 11) is 1.65. The summed E-state index contributed by atoms with van der Waals surface area (Å²) in [6.07, 6.45) is 1.81. The lowest BCUT2D eigenvalue weighted by Crippen LogP contribution is -2.53. The maximum atomic E-state index is 13.1. The third-order valence-corrected chi connectivity index (χ3v) is 4.89. The van der Waals surface area contributed by atoms with Gasteiger partial charge >= 0.3 is 0 Å². The van der Waals surface area contributed by atoms with Crippen molar-refractivity contribution in [1.29, 1.82) is 0 Å². The predicted molar refractivity (Wildman–Crippen MR) is 99.1 cm³/mol. The summed E-state index contributed by atoms with van der Waals surface area (Å²) in [5.41, 5.74) is 0.449. The van der Waals surface area contributed by atoms with Crippen LogP contribution in [-0.4, -0.2) is 49.1 Å². The fourth-order valence-electron chi connectivity index (χ4n) is 3.21. The van der Waals surface area contributed by atoms with E-state index >= 15 is 0 Å². The fourth-order valence-corrected chi connectivity index (χ4v) is 3.21. The number of ether oxygens (including phenoxy) is 1. The molecule has 1 aliphatic heterocycles. The first-order chi connectivity index (χ1) is 12.0. The van der Waals surface area contributed by atoms with Crippen molar-refractivity contribution in [2.24, 2.45) is 0 Å². The average Bonchev–Trinajstić information content (AvgIpc) is 2.68. The standard InChI is InChI=1S/C20H25N3O2/c1-20(2,16-7-9-17(25-3)10-8-16)19(24)23-14-12-22(13-15-23)18-6-4-5-11-21-18/h4-11H,12-15H2,1-3H3. The molecule has 3 rings (SSSR count). The molecule has 25 heavy (non-hydrogen) atoms. The maximum Gasteiger partial charge on any atom is 0.232 e. The van der Waals surface area contributed by atoms with Crippen molar-refractivity contribution in [3.05, 3.63) is 54.2 Å². The number of anilines is 1. The van der Waals surface area contributed by atoms with Gasteiger partial charge in [0.1, 0.15) is 11.6 Å². The Balaban J connectivity index is 1.66. The van der Waals surface area contributed by atoms with Crippen molar-refractivity contribution in [1.82, 2.24) is 9.88 Å². The van der Waals surface area contributed by atoms with Crippen LogP contribution in [0.3, 0.4) is 0 Å². The van der Waals surface area contributed by atoms with Gasteiger partial charge in [-0.3, -0.25) is 4.79 Å². The predicted octanol–water partition coefficient (Wildman–Crippen LogP) is 2.72. The lowest BCUT2D eigenvalue weighted by Gasteiger charge is -2.39. The molecule has 1 aromatic heterocycles. The van der Waals surface area contributed by atoms with Gasteiger partial charge in [-0.05, 0) is 43.7 Å². The molecule has 1 saturated heterocycles. The summed E-state index contributed by atoms with van der Waals surface area (Å²) >= 11 is 0. The number of rotatable bonds is 4. The second-order valence-electron chi connectivity index (χ2n) is 6.82. The molecule has 0 N–H and O–H groups in total. The fraction of sp³-hybridized carbons (Fsp3) is 0.400. The molecule has 0 atom stereocenters. The Morgan fingerprint density at radius 2 is 1.72 bits per heavy atom. The number of pyridine rings is 1. The van der Waals surface area contributed by atoms with Gasteiger partial charge in [0.2, 0.25) is 5.91 Å². The highest BCUT2D eigenvalue weighted by atomic mass is 16.5. The summed E-state index contributed by atoms with van der Waals surface area (Å²) in [5, 5.41) is 0. The van der Waals surface area contributed by atoms with Gasteiger partial charge in [0.05, 0.1) is 12.5 Å². The third kappa shape index (κ3) is 3.60. The van der Waals surface area contributed by atoms with Gasteiger partial charge < -0.3 is 14.5 Å². The molecule has 132 valence electrons. The third-order valence-electron chi connectivity index (χ3n) is 4.89. The minimum absolute atomic E-state index is 0.165. The number of piperazine rings is 1. The Kier molecular flexibility index (Phi) is 4.93. The minimum atomic E-state index is -0.556. The number of amides is 1. The highest BCUT2D eigenvalue weighted by Crippen LogP contribution is 2.28. The molecular weight excluding hydrogens is 314 g/mol. The largest absolute Gasteiger partial charge is 0.497 e. The monoisotopic (exact) mass is 339 g/mol. The summed E-state index contributed by atoms with van der Waals surface area (Å²) < 4.78 is 5.21. The van der Waals surface area contributed by atoms with Crippen molar-refractivity contribution < 1.29 is 9.53 Å². The van der Waals surface area contributed by atoms with Crippen molar-refractivity contribution >= 4 is 11.7 Å². The van der Waals surface area contributed by atoms with Gasteiger partial charge in [0, 0.05) is 32.4 Å². The Morgan fingerprint density at radius 3 is 2.28 bits per heavy atom. The molecule has 0 saturated carbocycles. The molecule has 5 heteroatoms.